The molecule has 2 nitrogen and oxygen atoms in total. The number of halogens is 1. The Labute approximate surface area is 104 Å². The van der Waals surface area contributed by atoms with Gasteiger partial charge in [0.15, 0.2) is 0 Å². The topological polar surface area (TPSA) is 17.8 Å². The maximum atomic E-state index is 3.93. The molecule has 2 rings (SSSR count). The van der Waals surface area contributed by atoms with Crippen LogP contribution in [0.3, 0.4) is 0 Å². The van der Waals surface area contributed by atoms with Gasteiger partial charge in [-0.3, -0.25) is 4.68 Å². The van der Waals surface area contributed by atoms with Gasteiger partial charge in [-0.15, -0.1) is 0 Å². The molecule has 0 amide bonds. The molecule has 0 spiro atoms. The van der Waals surface area contributed by atoms with Crippen molar-refractivity contribution in [2.45, 2.75) is 13.3 Å². The third kappa shape index (κ3) is 4.97. The molecule has 1 heterocycles. The van der Waals surface area contributed by atoms with Gasteiger partial charge in [0.2, 0.25) is 0 Å². The van der Waals surface area contributed by atoms with Gasteiger partial charge in [-0.1, -0.05) is 37.3 Å². The van der Waals surface area contributed by atoms with Crippen LogP contribution in [0.4, 0.5) is 0 Å². The van der Waals surface area contributed by atoms with E-state index < -0.39 is 0 Å². The van der Waals surface area contributed by atoms with E-state index in [0.717, 1.165) is 6.42 Å². The fraction of sp³-hybridized carbons (Fsp3) is 0.250. The van der Waals surface area contributed by atoms with Gasteiger partial charge in [-0.2, -0.15) is 5.10 Å². The quantitative estimate of drug-likeness (QED) is 0.739. The SMILES string of the molecule is CCc1ccccc1.Cn1cc(I)cn1. The second-order valence-electron chi connectivity index (χ2n) is 3.17. The number of rotatable bonds is 1. The minimum Gasteiger partial charge on any atom is -0.275 e. The first-order valence-electron chi connectivity index (χ1n) is 4.90. The van der Waals surface area contributed by atoms with E-state index in [1.165, 1.54) is 9.13 Å². The number of hydrogen-bond donors (Lipinski definition) is 0. The van der Waals surface area contributed by atoms with Gasteiger partial charge < -0.3 is 0 Å². The van der Waals surface area contributed by atoms with Crippen LogP contribution < -0.4 is 0 Å². The second kappa shape index (κ2) is 6.61. The molecular weight excluding hydrogens is 299 g/mol. The van der Waals surface area contributed by atoms with Crippen molar-refractivity contribution in [1.29, 1.82) is 0 Å². The lowest BCUT2D eigenvalue weighted by atomic mass is 10.2. The maximum absolute atomic E-state index is 3.93. The fourth-order valence-electron chi connectivity index (χ4n) is 1.11. The van der Waals surface area contributed by atoms with E-state index in [-0.39, 0.29) is 0 Å². The summed E-state index contributed by atoms with van der Waals surface area (Å²) in [5.74, 6) is 0. The highest BCUT2D eigenvalue weighted by Crippen LogP contribution is 1.98. The van der Waals surface area contributed by atoms with E-state index in [9.17, 15) is 0 Å². The van der Waals surface area contributed by atoms with Gasteiger partial charge in [-0.05, 0) is 34.6 Å². The van der Waals surface area contributed by atoms with E-state index in [4.69, 9.17) is 0 Å². The molecule has 0 radical (unpaired) electrons. The first-order valence-corrected chi connectivity index (χ1v) is 5.98. The Morgan fingerprint density at radius 3 is 2.20 bits per heavy atom. The van der Waals surface area contributed by atoms with E-state index in [0.29, 0.717) is 0 Å². The predicted octanol–water partition coefficient (Wildman–Crippen LogP) is 3.27. The summed E-state index contributed by atoms with van der Waals surface area (Å²) in [4.78, 5) is 0. The minimum atomic E-state index is 1.14. The molecule has 15 heavy (non-hydrogen) atoms. The molecule has 0 saturated heterocycles. The molecular formula is C12H15IN2. The molecule has 0 fully saturated rings. The smallest absolute Gasteiger partial charge is 0.0623 e. The van der Waals surface area contributed by atoms with Gasteiger partial charge in [0.05, 0.1) is 9.77 Å². The van der Waals surface area contributed by atoms with Crippen molar-refractivity contribution in [2.24, 2.45) is 7.05 Å². The predicted molar refractivity (Wildman–Crippen MR) is 71.7 cm³/mol. The summed E-state index contributed by atoms with van der Waals surface area (Å²) in [7, 11) is 1.90. The lowest BCUT2D eigenvalue weighted by molar-refractivity contribution is 0.767. The summed E-state index contributed by atoms with van der Waals surface area (Å²) >= 11 is 2.22. The van der Waals surface area contributed by atoms with Crippen LogP contribution >= 0.6 is 22.6 Å². The maximum Gasteiger partial charge on any atom is 0.0623 e. The van der Waals surface area contributed by atoms with Gasteiger partial charge in [0.1, 0.15) is 0 Å². The highest BCUT2D eigenvalue weighted by atomic mass is 127. The minimum absolute atomic E-state index is 1.14. The molecule has 0 unspecified atom stereocenters. The average Bonchev–Trinajstić information content (AvgIpc) is 2.65. The van der Waals surface area contributed by atoms with Crippen molar-refractivity contribution in [3.05, 3.63) is 51.9 Å². The standard InChI is InChI=1S/C8H10.C4H5IN2/c1-2-8-6-4-3-5-7-8;1-7-3-4(5)2-6-7/h3-7H,2H2,1H3;2-3H,1H3. The molecule has 0 aliphatic heterocycles. The summed E-state index contributed by atoms with van der Waals surface area (Å²) in [5, 5.41) is 3.93. The third-order valence-corrected chi connectivity index (χ3v) is 2.48. The Hall–Kier alpha value is -0.840. The number of nitrogens with zero attached hydrogens (tertiary/aromatic N) is 2. The summed E-state index contributed by atoms with van der Waals surface area (Å²) in [5.41, 5.74) is 1.41. The van der Waals surface area contributed by atoms with Gasteiger partial charge in [-0.25, -0.2) is 0 Å². The van der Waals surface area contributed by atoms with Crippen LogP contribution in [0.15, 0.2) is 42.7 Å². The Morgan fingerprint density at radius 1 is 1.27 bits per heavy atom. The van der Waals surface area contributed by atoms with Crippen molar-refractivity contribution in [2.75, 3.05) is 0 Å². The Bertz CT molecular complexity index is 365. The molecule has 0 aliphatic carbocycles. The van der Waals surface area contributed by atoms with Crippen molar-refractivity contribution >= 4 is 22.6 Å². The molecule has 0 N–H and O–H groups in total. The normalized spacial score (nSPS) is 9.27. The molecule has 2 aromatic rings. The average molecular weight is 314 g/mol. The Morgan fingerprint density at radius 2 is 1.93 bits per heavy atom. The first-order chi connectivity index (χ1) is 7.22. The summed E-state index contributed by atoms with van der Waals surface area (Å²) in [6.07, 6.45) is 4.92. The van der Waals surface area contributed by atoms with Crippen LogP contribution in [-0.2, 0) is 13.5 Å². The zero-order chi connectivity index (χ0) is 11.1. The number of aromatic nitrogens is 2. The largest absolute Gasteiger partial charge is 0.275 e. The zero-order valence-corrected chi connectivity index (χ0v) is 11.2. The van der Waals surface area contributed by atoms with Crippen LogP contribution in [0, 0.1) is 3.57 Å². The summed E-state index contributed by atoms with van der Waals surface area (Å²) < 4.78 is 2.96. The van der Waals surface area contributed by atoms with E-state index >= 15 is 0 Å². The molecule has 1 aromatic carbocycles. The Kier molecular flexibility index (Phi) is 5.39. The van der Waals surface area contributed by atoms with Crippen LogP contribution in [0.5, 0.6) is 0 Å². The van der Waals surface area contributed by atoms with Crippen LogP contribution in [-0.4, -0.2) is 9.78 Å². The molecule has 1 aromatic heterocycles. The van der Waals surface area contributed by atoms with Crippen LogP contribution in [0.25, 0.3) is 0 Å². The molecule has 3 heteroatoms. The van der Waals surface area contributed by atoms with Crippen molar-refractivity contribution in [3.63, 3.8) is 0 Å². The second-order valence-corrected chi connectivity index (χ2v) is 4.42. The lowest BCUT2D eigenvalue weighted by Crippen LogP contribution is -1.83. The van der Waals surface area contributed by atoms with Gasteiger partial charge in [0.25, 0.3) is 0 Å². The summed E-state index contributed by atoms with van der Waals surface area (Å²) in [6, 6.07) is 10.5. The monoisotopic (exact) mass is 314 g/mol. The zero-order valence-electron chi connectivity index (χ0n) is 9.02. The third-order valence-electron chi connectivity index (χ3n) is 1.92. The first kappa shape index (κ1) is 12.2. The number of hydrogen-bond acceptors (Lipinski definition) is 1. The highest BCUT2D eigenvalue weighted by Gasteiger charge is 1.83. The molecule has 0 aliphatic rings. The van der Waals surface area contributed by atoms with Gasteiger partial charge >= 0.3 is 0 Å². The van der Waals surface area contributed by atoms with Crippen molar-refractivity contribution in [1.82, 2.24) is 9.78 Å². The fourth-order valence-corrected chi connectivity index (χ4v) is 1.63. The highest BCUT2D eigenvalue weighted by molar-refractivity contribution is 14.1. The number of aryl methyl sites for hydroxylation is 2. The molecule has 80 valence electrons. The van der Waals surface area contributed by atoms with E-state index in [2.05, 4.69) is 58.9 Å². The van der Waals surface area contributed by atoms with Crippen molar-refractivity contribution < 1.29 is 0 Å². The van der Waals surface area contributed by atoms with Crippen LogP contribution in [0.2, 0.25) is 0 Å². The molecule has 0 saturated carbocycles. The van der Waals surface area contributed by atoms with E-state index in [1.807, 2.05) is 25.5 Å². The van der Waals surface area contributed by atoms with Crippen molar-refractivity contribution in [3.8, 4) is 0 Å². The molecule has 0 atom stereocenters. The van der Waals surface area contributed by atoms with Crippen LogP contribution in [0.1, 0.15) is 12.5 Å². The van der Waals surface area contributed by atoms with Gasteiger partial charge in [0, 0.05) is 13.2 Å². The summed E-state index contributed by atoms with van der Waals surface area (Å²) in [6.45, 7) is 2.16. The Balaban J connectivity index is 0.000000151. The number of benzene rings is 1. The van der Waals surface area contributed by atoms with E-state index in [1.54, 1.807) is 4.68 Å². The lowest BCUT2D eigenvalue weighted by Gasteiger charge is -1.89. The molecule has 0 bridgehead atoms.